The summed E-state index contributed by atoms with van der Waals surface area (Å²) in [6.45, 7) is 2.10. The van der Waals surface area contributed by atoms with E-state index in [2.05, 4.69) is 44.3 Å². The molecule has 6 heterocycles. The average Bonchev–Trinajstić information content (AvgIpc) is 3.52. The molecule has 8 nitrogen and oxygen atoms in total. The number of nitrogens with one attached hydrogen (secondary N) is 2. The van der Waals surface area contributed by atoms with Crippen LogP contribution in [0.3, 0.4) is 0 Å². The summed E-state index contributed by atoms with van der Waals surface area (Å²) in [5, 5.41) is 11.7. The van der Waals surface area contributed by atoms with Gasteiger partial charge in [0.15, 0.2) is 5.82 Å². The molecule has 0 spiro atoms. The van der Waals surface area contributed by atoms with Gasteiger partial charge in [0.25, 0.3) is 0 Å². The monoisotopic (exact) mass is 412 g/mol. The van der Waals surface area contributed by atoms with Crippen molar-refractivity contribution < 1.29 is 0 Å². The van der Waals surface area contributed by atoms with Gasteiger partial charge in [0, 0.05) is 40.3 Å². The first-order chi connectivity index (χ1) is 14.7. The van der Waals surface area contributed by atoms with Crippen molar-refractivity contribution >= 4 is 33.4 Å². The molecule has 0 bridgehead atoms. The second kappa shape index (κ2) is 6.33. The van der Waals surface area contributed by atoms with E-state index in [0.717, 1.165) is 49.5 Å². The van der Waals surface area contributed by atoms with Crippen molar-refractivity contribution in [2.75, 3.05) is 0 Å². The van der Waals surface area contributed by atoms with Gasteiger partial charge in [-0.25, -0.2) is 9.97 Å². The number of hydrogen-bond acceptors (Lipinski definition) is 6. The summed E-state index contributed by atoms with van der Waals surface area (Å²) in [5.74, 6) is 0.686. The Morgan fingerprint density at radius 1 is 1.00 bits per heavy atom. The van der Waals surface area contributed by atoms with Gasteiger partial charge in [-0.3, -0.25) is 14.8 Å². The Kier molecular flexibility index (Phi) is 3.59. The van der Waals surface area contributed by atoms with Crippen molar-refractivity contribution in [3.8, 4) is 33.2 Å². The molecule has 0 aliphatic heterocycles. The van der Waals surface area contributed by atoms with Gasteiger partial charge in [-0.05, 0) is 31.2 Å². The summed E-state index contributed by atoms with van der Waals surface area (Å²) in [6, 6.07) is 8.12. The summed E-state index contributed by atoms with van der Waals surface area (Å²) >= 11 is 1.73. The van der Waals surface area contributed by atoms with Gasteiger partial charge in [-0.15, -0.1) is 11.3 Å². The number of aromatic amines is 2. The largest absolute Gasteiger partial charge is 0.335 e. The molecular formula is C21H16N8S. The van der Waals surface area contributed by atoms with Crippen LogP contribution in [-0.2, 0) is 7.05 Å². The first-order valence-corrected chi connectivity index (χ1v) is 10.2. The fourth-order valence-electron chi connectivity index (χ4n) is 3.59. The number of aryl methyl sites for hydroxylation is 2. The van der Waals surface area contributed by atoms with Crippen LogP contribution in [0, 0.1) is 6.92 Å². The van der Waals surface area contributed by atoms with Crippen molar-refractivity contribution in [2.24, 2.45) is 7.05 Å². The van der Waals surface area contributed by atoms with Crippen molar-refractivity contribution in [3.05, 3.63) is 53.9 Å². The topological polar surface area (TPSA) is 101 Å². The smallest absolute Gasteiger partial charge is 0.158 e. The minimum Gasteiger partial charge on any atom is -0.335 e. The Labute approximate surface area is 174 Å². The Bertz CT molecular complexity index is 1530. The molecule has 0 fully saturated rings. The van der Waals surface area contributed by atoms with E-state index in [4.69, 9.17) is 9.97 Å². The van der Waals surface area contributed by atoms with Crippen LogP contribution in [-0.4, -0.2) is 39.9 Å². The van der Waals surface area contributed by atoms with Crippen molar-refractivity contribution in [2.45, 2.75) is 6.92 Å². The molecule has 0 radical (unpaired) electrons. The maximum Gasteiger partial charge on any atom is 0.158 e. The molecule has 0 saturated heterocycles. The van der Waals surface area contributed by atoms with Crippen LogP contribution in [0.15, 0.2) is 49.1 Å². The number of imidazole rings is 1. The lowest BCUT2D eigenvalue weighted by molar-refractivity contribution is 0.768. The fourth-order valence-corrected chi connectivity index (χ4v) is 4.46. The standard InChI is InChI=1S/C21H16N8S/c1-11-3-6-17(30-11)13-8-22-9-16-18(13)26-21(25-16)20-19-15(27-28-20)5-4-14(24-19)12-7-23-29(2)10-12/h3-10H,1-2H3,(H,25,26)(H,27,28). The minimum atomic E-state index is 0.686. The average molecular weight is 412 g/mol. The zero-order valence-electron chi connectivity index (χ0n) is 16.2. The summed E-state index contributed by atoms with van der Waals surface area (Å²) in [6.07, 6.45) is 7.40. The van der Waals surface area contributed by atoms with E-state index < -0.39 is 0 Å². The Morgan fingerprint density at radius 3 is 2.73 bits per heavy atom. The highest BCUT2D eigenvalue weighted by molar-refractivity contribution is 7.15. The first kappa shape index (κ1) is 17.0. The molecule has 0 saturated carbocycles. The van der Waals surface area contributed by atoms with Crippen LogP contribution in [0.1, 0.15) is 4.88 Å². The van der Waals surface area contributed by atoms with E-state index in [9.17, 15) is 0 Å². The number of fused-ring (bicyclic) bond motifs is 2. The zero-order valence-corrected chi connectivity index (χ0v) is 17.0. The van der Waals surface area contributed by atoms with Crippen LogP contribution >= 0.6 is 11.3 Å². The number of nitrogens with zero attached hydrogens (tertiary/aromatic N) is 6. The van der Waals surface area contributed by atoms with Crippen molar-refractivity contribution in [3.63, 3.8) is 0 Å². The lowest BCUT2D eigenvalue weighted by Gasteiger charge is -1.98. The zero-order chi connectivity index (χ0) is 20.2. The number of pyridine rings is 2. The summed E-state index contributed by atoms with van der Waals surface area (Å²) in [4.78, 5) is 19.9. The minimum absolute atomic E-state index is 0.686. The van der Waals surface area contributed by atoms with Gasteiger partial charge >= 0.3 is 0 Å². The molecule has 0 aliphatic carbocycles. The number of aromatic nitrogens is 8. The Balaban J connectivity index is 1.52. The highest BCUT2D eigenvalue weighted by Crippen LogP contribution is 2.34. The molecule has 0 unspecified atom stereocenters. The third kappa shape index (κ3) is 2.63. The summed E-state index contributed by atoms with van der Waals surface area (Å²) < 4.78 is 1.76. The number of H-pyrrole nitrogens is 2. The maximum absolute atomic E-state index is 4.88. The fraction of sp³-hybridized carbons (Fsp3) is 0.0952. The molecule has 30 heavy (non-hydrogen) atoms. The molecule has 9 heteroatoms. The highest BCUT2D eigenvalue weighted by atomic mass is 32.1. The van der Waals surface area contributed by atoms with E-state index >= 15 is 0 Å². The van der Waals surface area contributed by atoms with Gasteiger partial charge in [-0.2, -0.15) is 10.2 Å². The molecule has 2 N–H and O–H groups in total. The van der Waals surface area contributed by atoms with E-state index in [1.165, 1.54) is 4.88 Å². The number of thiophene rings is 1. The third-order valence-corrected chi connectivity index (χ3v) is 6.07. The summed E-state index contributed by atoms with van der Waals surface area (Å²) in [5.41, 5.74) is 6.86. The van der Waals surface area contributed by atoms with Crippen molar-refractivity contribution in [1.82, 2.24) is 39.9 Å². The molecule has 6 aromatic heterocycles. The van der Waals surface area contributed by atoms with Crippen LogP contribution in [0.2, 0.25) is 0 Å². The summed E-state index contributed by atoms with van der Waals surface area (Å²) in [7, 11) is 1.89. The molecule has 0 amide bonds. The van der Waals surface area contributed by atoms with E-state index in [-0.39, 0.29) is 0 Å². The first-order valence-electron chi connectivity index (χ1n) is 9.41. The van der Waals surface area contributed by atoms with Gasteiger partial charge in [0.2, 0.25) is 0 Å². The van der Waals surface area contributed by atoms with Crippen LogP contribution in [0.25, 0.3) is 55.3 Å². The third-order valence-electron chi connectivity index (χ3n) is 5.04. The Morgan fingerprint density at radius 2 is 1.93 bits per heavy atom. The molecular weight excluding hydrogens is 396 g/mol. The molecule has 0 aromatic carbocycles. The predicted molar refractivity (Wildman–Crippen MR) is 117 cm³/mol. The molecule has 0 atom stereocenters. The predicted octanol–water partition coefficient (Wildman–Crippen LogP) is 4.33. The highest BCUT2D eigenvalue weighted by Gasteiger charge is 2.17. The second-order valence-corrected chi connectivity index (χ2v) is 8.43. The van der Waals surface area contributed by atoms with Gasteiger partial charge in [0.1, 0.15) is 22.2 Å². The number of hydrogen-bond donors (Lipinski definition) is 2. The Hall–Kier alpha value is -3.85. The van der Waals surface area contributed by atoms with Crippen LogP contribution < -0.4 is 0 Å². The maximum atomic E-state index is 4.88. The molecule has 146 valence electrons. The molecule has 6 rings (SSSR count). The normalized spacial score (nSPS) is 11.7. The lowest BCUT2D eigenvalue weighted by atomic mass is 10.2. The van der Waals surface area contributed by atoms with Crippen LogP contribution in [0.5, 0.6) is 0 Å². The lowest BCUT2D eigenvalue weighted by Crippen LogP contribution is -1.87. The van der Waals surface area contributed by atoms with E-state index in [1.54, 1.807) is 28.4 Å². The van der Waals surface area contributed by atoms with Gasteiger partial charge < -0.3 is 4.98 Å². The van der Waals surface area contributed by atoms with Gasteiger partial charge in [0.05, 0.1) is 23.6 Å². The second-order valence-electron chi connectivity index (χ2n) is 7.14. The van der Waals surface area contributed by atoms with Crippen LogP contribution in [0.4, 0.5) is 0 Å². The number of rotatable bonds is 3. The quantitative estimate of drug-likeness (QED) is 0.450. The molecule has 0 aliphatic rings. The van der Waals surface area contributed by atoms with E-state index in [0.29, 0.717) is 5.82 Å². The molecule has 6 aromatic rings. The SMILES string of the molecule is Cc1ccc(-c2cncc3[nH]c(-c4[nH]nc5ccc(-c6cnn(C)c6)nc45)nc23)s1. The van der Waals surface area contributed by atoms with E-state index in [1.807, 2.05) is 31.6 Å². The van der Waals surface area contributed by atoms with Crippen molar-refractivity contribution in [1.29, 1.82) is 0 Å². The van der Waals surface area contributed by atoms with Gasteiger partial charge in [-0.1, -0.05) is 0 Å².